The summed E-state index contributed by atoms with van der Waals surface area (Å²) in [5, 5.41) is 8.56. The van der Waals surface area contributed by atoms with E-state index in [0.717, 1.165) is 6.66 Å². The first kappa shape index (κ1) is 9.11. The second-order valence-corrected chi connectivity index (χ2v) is 3.81. The molecule has 0 radical (unpaired) electrons. The maximum absolute atomic E-state index is 10.3. The van der Waals surface area contributed by atoms with Crippen molar-refractivity contribution in [1.82, 2.24) is 0 Å². The molecule has 0 rings (SSSR count). The predicted molar refractivity (Wildman–Crippen MR) is 33.4 cm³/mol. The molecule has 5 heteroatoms. The van der Waals surface area contributed by atoms with Crippen LogP contribution in [0.4, 0.5) is 0 Å². The Morgan fingerprint density at radius 1 is 1.78 bits per heavy atom. The normalized spacial score (nSPS) is 20.9. The van der Waals surface area contributed by atoms with Gasteiger partial charge in [-0.25, -0.2) is 0 Å². The minimum atomic E-state index is -3.38. The highest BCUT2D eigenvalue weighted by molar-refractivity contribution is 7.51. The molecular formula is C4H11O4P. The van der Waals surface area contributed by atoms with Crippen molar-refractivity contribution >= 4 is 7.60 Å². The van der Waals surface area contributed by atoms with E-state index in [1.807, 2.05) is 0 Å². The van der Waals surface area contributed by atoms with Crippen LogP contribution in [-0.4, -0.2) is 29.4 Å². The zero-order chi connectivity index (χ0) is 7.49. The van der Waals surface area contributed by atoms with Gasteiger partial charge >= 0.3 is 7.60 Å². The van der Waals surface area contributed by atoms with E-state index in [9.17, 15) is 4.57 Å². The second-order valence-electron chi connectivity index (χ2n) is 1.95. The first-order valence-electron chi connectivity index (χ1n) is 2.54. The van der Waals surface area contributed by atoms with Gasteiger partial charge in [-0.3, -0.25) is 4.57 Å². The Kier molecular flexibility index (Phi) is 3.36. The molecular weight excluding hydrogens is 143 g/mol. The van der Waals surface area contributed by atoms with E-state index in [-0.39, 0.29) is 6.61 Å². The smallest absolute Gasteiger partial charge is 0.325 e. The van der Waals surface area contributed by atoms with Crippen LogP contribution in [0.3, 0.4) is 0 Å². The van der Waals surface area contributed by atoms with Gasteiger partial charge in [0.05, 0.1) is 12.7 Å². The summed E-state index contributed by atoms with van der Waals surface area (Å²) >= 11 is 0. The van der Waals surface area contributed by atoms with E-state index in [1.54, 1.807) is 0 Å². The summed E-state index contributed by atoms with van der Waals surface area (Å²) in [6.45, 7) is 2.47. The Labute approximate surface area is 54.0 Å². The summed E-state index contributed by atoms with van der Waals surface area (Å²) in [4.78, 5) is 8.49. The van der Waals surface area contributed by atoms with Crippen molar-refractivity contribution < 1.29 is 19.1 Å². The molecule has 0 aromatic rings. The van der Waals surface area contributed by atoms with Crippen molar-refractivity contribution in [1.29, 1.82) is 0 Å². The third kappa shape index (κ3) is 8.11. The highest BCUT2D eigenvalue weighted by Gasteiger charge is 2.10. The van der Waals surface area contributed by atoms with E-state index >= 15 is 0 Å². The number of hydrogen-bond donors (Lipinski definition) is 2. The molecule has 0 bridgehead atoms. The quantitative estimate of drug-likeness (QED) is 0.570. The molecule has 4 nitrogen and oxygen atoms in total. The molecule has 0 amide bonds. The largest absolute Gasteiger partial charge is 0.391 e. The molecule has 9 heavy (non-hydrogen) atoms. The third-order valence-corrected chi connectivity index (χ3v) is 1.18. The van der Waals surface area contributed by atoms with Crippen molar-refractivity contribution in [2.24, 2.45) is 0 Å². The van der Waals surface area contributed by atoms with Gasteiger partial charge in [0, 0.05) is 6.66 Å². The molecule has 0 spiro atoms. The van der Waals surface area contributed by atoms with Gasteiger partial charge in [-0.15, -0.1) is 0 Å². The Morgan fingerprint density at radius 3 is 2.33 bits per heavy atom. The second kappa shape index (κ2) is 3.32. The fourth-order valence-corrected chi connectivity index (χ4v) is 0.739. The number of aliphatic hydroxyl groups is 1. The average molecular weight is 154 g/mol. The zero-order valence-electron chi connectivity index (χ0n) is 5.44. The SMILES string of the molecule is CC(O)COP(C)(=O)O. The molecule has 0 saturated carbocycles. The van der Waals surface area contributed by atoms with Crippen LogP contribution in [0, 0.1) is 0 Å². The van der Waals surface area contributed by atoms with Crippen molar-refractivity contribution in [2.45, 2.75) is 13.0 Å². The van der Waals surface area contributed by atoms with Crippen LogP contribution in [0.5, 0.6) is 0 Å². The highest BCUT2D eigenvalue weighted by atomic mass is 31.2. The summed E-state index contributed by atoms with van der Waals surface area (Å²) in [5.41, 5.74) is 0. The maximum atomic E-state index is 10.3. The third-order valence-electron chi connectivity index (χ3n) is 0.555. The molecule has 0 aliphatic rings. The summed E-state index contributed by atoms with van der Waals surface area (Å²) in [5.74, 6) is 0. The van der Waals surface area contributed by atoms with Crippen LogP contribution >= 0.6 is 7.60 Å². The lowest BCUT2D eigenvalue weighted by Crippen LogP contribution is -2.08. The van der Waals surface area contributed by atoms with Crippen molar-refractivity contribution in [3.63, 3.8) is 0 Å². The van der Waals surface area contributed by atoms with Gasteiger partial charge in [-0.05, 0) is 6.92 Å². The Balaban J connectivity index is 3.40. The number of hydrogen-bond acceptors (Lipinski definition) is 3. The summed E-state index contributed by atoms with van der Waals surface area (Å²) in [7, 11) is -3.38. The van der Waals surface area contributed by atoms with Crippen LogP contribution in [-0.2, 0) is 9.09 Å². The van der Waals surface area contributed by atoms with E-state index in [4.69, 9.17) is 10.00 Å². The molecule has 0 aliphatic heterocycles. The Hall–Kier alpha value is 0.110. The molecule has 56 valence electrons. The molecule has 0 aromatic heterocycles. The van der Waals surface area contributed by atoms with Crippen molar-refractivity contribution in [3.05, 3.63) is 0 Å². The molecule has 0 aliphatic carbocycles. The van der Waals surface area contributed by atoms with Gasteiger partial charge in [0.15, 0.2) is 0 Å². The standard InChI is InChI=1S/C4H11O4P/c1-4(5)3-8-9(2,6)7/h4-5H,3H2,1-2H3,(H,6,7). The molecule has 2 N–H and O–H groups in total. The van der Waals surface area contributed by atoms with Gasteiger partial charge in [0.25, 0.3) is 0 Å². The molecule has 0 aromatic carbocycles. The van der Waals surface area contributed by atoms with Gasteiger partial charge < -0.3 is 14.5 Å². The van der Waals surface area contributed by atoms with Gasteiger partial charge in [0.1, 0.15) is 0 Å². The summed E-state index contributed by atoms with van der Waals surface area (Å²) < 4.78 is 14.7. The van der Waals surface area contributed by atoms with E-state index in [1.165, 1.54) is 6.92 Å². The van der Waals surface area contributed by atoms with Crippen LogP contribution in [0.15, 0.2) is 0 Å². The molecule has 2 unspecified atom stereocenters. The van der Waals surface area contributed by atoms with Gasteiger partial charge in [0.2, 0.25) is 0 Å². The van der Waals surface area contributed by atoms with E-state index < -0.39 is 13.7 Å². The predicted octanol–water partition coefficient (Wildman–Crippen LogP) is 0.199. The first-order chi connectivity index (χ1) is 3.92. The monoisotopic (exact) mass is 154 g/mol. The van der Waals surface area contributed by atoms with Crippen LogP contribution in [0.1, 0.15) is 6.92 Å². The van der Waals surface area contributed by atoms with Crippen molar-refractivity contribution in [3.8, 4) is 0 Å². The van der Waals surface area contributed by atoms with Crippen molar-refractivity contribution in [2.75, 3.05) is 13.3 Å². The highest BCUT2D eigenvalue weighted by Crippen LogP contribution is 2.36. The molecule has 0 heterocycles. The van der Waals surface area contributed by atoms with Crippen LogP contribution in [0.2, 0.25) is 0 Å². The van der Waals surface area contributed by atoms with Crippen LogP contribution < -0.4 is 0 Å². The first-order valence-corrected chi connectivity index (χ1v) is 4.57. The van der Waals surface area contributed by atoms with Gasteiger partial charge in [-0.2, -0.15) is 0 Å². The van der Waals surface area contributed by atoms with Gasteiger partial charge in [-0.1, -0.05) is 0 Å². The molecule has 0 fully saturated rings. The number of aliphatic hydroxyl groups excluding tert-OH is 1. The fourth-order valence-electron chi connectivity index (χ4n) is 0.246. The lowest BCUT2D eigenvalue weighted by Gasteiger charge is -2.07. The van der Waals surface area contributed by atoms with E-state index in [0.29, 0.717) is 0 Å². The zero-order valence-corrected chi connectivity index (χ0v) is 6.34. The van der Waals surface area contributed by atoms with E-state index in [2.05, 4.69) is 4.52 Å². The molecule has 0 saturated heterocycles. The Morgan fingerprint density at radius 2 is 2.22 bits per heavy atom. The fraction of sp³-hybridized carbons (Fsp3) is 1.00. The maximum Gasteiger partial charge on any atom is 0.325 e. The summed E-state index contributed by atoms with van der Waals surface area (Å²) in [6.07, 6.45) is -0.689. The average Bonchev–Trinajstić information content (AvgIpc) is 1.59. The minimum absolute atomic E-state index is 0.0930. The lowest BCUT2D eigenvalue weighted by molar-refractivity contribution is 0.115. The summed E-state index contributed by atoms with van der Waals surface area (Å²) in [6, 6.07) is 0. The minimum Gasteiger partial charge on any atom is -0.391 e. The lowest BCUT2D eigenvalue weighted by atomic mass is 10.5. The molecule has 2 atom stereocenters. The number of rotatable bonds is 3. The van der Waals surface area contributed by atoms with Crippen LogP contribution in [0.25, 0.3) is 0 Å². The topological polar surface area (TPSA) is 66.8 Å². The Bertz CT molecular complexity index is 116.